The molecule has 8 heteroatoms. The Hall–Kier alpha value is -3.78. The highest BCUT2D eigenvalue weighted by molar-refractivity contribution is 7.99. The lowest BCUT2D eigenvalue weighted by molar-refractivity contribution is -0.113. The molecule has 3 aromatic carbocycles. The first-order valence-corrected chi connectivity index (χ1v) is 10.6. The number of methoxy groups -OCH3 is 1. The molecule has 0 unspecified atom stereocenters. The van der Waals surface area contributed by atoms with Gasteiger partial charge in [0, 0.05) is 16.8 Å². The summed E-state index contributed by atoms with van der Waals surface area (Å²) in [4.78, 5) is 12.6. The van der Waals surface area contributed by atoms with E-state index in [4.69, 9.17) is 10.6 Å². The van der Waals surface area contributed by atoms with E-state index < -0.39 is 0 Å². The normalized spacial score (nSPS) is 10.6. The number of hydrogen-bond donors (Lipinski definition) is 2. The van der Waals surface area contributed by atoms with Gasteiger partial charge in [-0.15, -0.1) is 10.2 Å². The van der Waals surface area contributed by atoms with E-state index in [0.717, 1.165) is 28.1 Å². The molecule has 0 aliphatic carbocycles. The Morgan fingerprint density at radius 2 is 1.68 bits per heavy atom. The quantitative estimate of drug-likeness (QED) is 0.338. The maximum atomic E-state index is 12.6. The molecule has 3 N–H and O–H groups in total. The number of ether oxygens (including phenoxy) is 1. The first-order chi connectivity index (χ1) is 15.2. The summed E-state index contributed by atoms with van der Waals surface area (Å²) in [6, 6.07) is 25.0. The lowest BCUT2D eigenvalue weighted by atomic mass is 10.0. The lowest BCUT2D eigenvalue weighted by Crippen LogP contribution is -2.16. The number of aromatic nitrogens is 3. The number of carbonyl (C=O) groups is 1. The second-order valence-electron chi connectivity index (χ2n) is 6.65. The third-order valence-corrected chi connectivity index (χ3v) is 5.57. The second-order valence-corrected chi connectivity index (χ2v) is 7.60. The van der Waals surface area contributed by atoms with Crippen LogP contribution in [0.5, 0.6) is 5.75 Å². The topological polar surface area (TPSA) is 95.1 Å². The van der Waals surface area contributed by atoms with Gasteiger partial charge >= 0.3 is 0 Å². The predicted octanol–water partition coefficient (Wildman–Crippen LogP) is 4.07. The zero-order valence-corrected chi connectivity index (χ0v) is 17.7. The molecular weight excluding hydrogens is 410 g/mol. The van der Waals surface area contributed by atoms with Gasteiger partial charge in [-0.3, -0.25) is 4.79 Å². The Kier molecular flexibility index (Phi) is 6.18. The molecule has 0 saturated heterocycles. The Balaban J connectivity index is 1.43. The number of nitrogens with one attached hydrogen (secondary N) is 1. The van der Waals surface area contributed by atoms with Crippen molar-refractivity contribution in [1.82, 2.24) is 14.9 Å². The Labute approximate surface area is 184 Å². The fourth-order valence-corrected chi connectivity index (χ4v) is 3.75. The van der Waals surface area contributed by atoms with Crippen LogP contribution in [0.2, 0.25) is 0 Å². The van der Waals surface area contributed by atoms with Gasteiger partial charge in [0.05, 0.1) is 12.9 Å². The van der Waals surface area contributed by atoms with Gasteiger partial charge < -0.3 is 15.9 Å². The number of thioether (sulfide) groups is 1. The van der Waals surface area contributed by atoms with Crippen LogP contribution in [0.1, 0.15) is 0 Å². The van der Waals surface area contributed by atoms with E-state index in [1.165, 1.54) is 16.4 Å². The summed E-state index contributed by atoms with van der Waals surface area (Å²) in [6.07, 6.45) is 0. The van der Waals surface area contributed by atoms with Gasteiger partial charge in [-0.2, -0.15) is 0 Å². The van der Waals surface area contributed by atoms with Crippen molar-refractivity contribution in [2.45, 2.75) is 5.16 Å². The molecule has 4 aromatic rings. The minimum absolute atomic E-state index is 0.151. The van der Waals surface area contributed by atoms with Gasteiger partial charge in [0.15, 0.2) is 5.82 Å². The highest BCUT2D eigenvalue weighted by Crippen LogP contribution is 2.28. The van der Waals surface area contributed by atoms with Gasteiger partial charge in [-0.1, -0.05) is 60.3 Å². The van der Waals surface area contributed by atoms with E-state index >= 15 is 0 Å². The van der Waals surface area contributed by atoms with Crippen LogP contribution in [-0.4, -0.2) is 33.6 Å². The smallest absolute Gasteiger partial charge is 0.234 e. The van der Waals surface area contributed by atoms with Crippen molar-refractivity contribution in [2.75, 3.05) is 24.0 Å². The number of benzene rings is 3. The largest absolute Gasteiger partial charge is 0.497 e. The average Bonchev–Trinajstić information content (AvgIpc) is 3.19. The fourth-order valence-electron chi connectivity index (χ4n) is 3.09. The maximum absolute atomic E-state index is 12.6. The number of nitrogen functional groups attached to an aromatic ring is 1. The standard InChI is InChI=1S/C23H21N5O2S/c1-30-18-13-11-17(12-14-18)22-26-27-23(28(22)24)31-15-21(29)25-20-10-6-5-9-19(20)16-7-3-2-4-8-16/h2-14H,15,24H2,1H3,(H,25,29). The first-order valence-electron chi connectivity index (χ1n) is 9.57. The Morgan fingerprint density at radius 1 is 0.968 bits per heavy atom. The zero-order valence-electron chi connectivity index (χ0n) is 16.9. The third-order valence-electron chi connectivity index (χ3n) is 4.63. The Morgan fingerprint density at radius 3 is 2.42 bits per heavy atom. The monoisotopic (exact) mass is 431 g/mol. The number of rotatable bonds is 7. The highest BCUT2D eigenvalue weighted by atomic mass is 32.2. The fraction of sp³-hybridized carbons (Fsp3) is 0.0870. The minimum Gasteiger partial charge on any atom is -0.497 e. The number of nitrogens with zero attached hydrogens (tertiary/aromatic N) is 3. The molecule has 156 valence electrons. The van der Waals surface area contributed by atoms with Gasteiger partial charge in [-0.05, 0) is 35.9 Å². The van der Waals surface area contributed by atoms with Crippen molar-refractivity contribution in [3.63, 3.8) is 0 Å². The minimum atomic E-state index is -0.151. The van der Waals surface area contributed by atoms with E-state index in [1.54, 1.807) is 7.11 Å². The van der Waals surface area contributed by atoms with Crippen LogP contribution >= 0.6 is 11.8 Å². The van der Waals surface area contributed by atoms with E-state index in [-0.39, 0.29) is 11.7 Å². The second kappa shape index (κ2) is 9.36. The van der Waals surface area contributed by atoms with Crippen LogP contribution in [-0.2, 0) is 4.79 Å². The van der Waals surface area contributed by atoms with Crippen molar-refractivity contribution in [3.8, 4) is 28.3 Å². The van der Waals surface area contributed by atoms with Crippen molar-refractivity contribution >= 4 is 23.4 Å². The molecule has 1 aromatic heterocycles. The molecule has 0 atom stereocenters. The Bertz CT molecular complexity index is 1180. The SMILES string of the molecule is COc1ccc(-c2nnc(SCC(=O)Nc3ccccc3-c3ccccc3)n2N)cc1. The molecule has 0 spiro atoms. The molecule has 4 rings (SSSR count). The summed E-state index contributed by atoms with van der Waals surface area (Å²) >= 11 is 1.23. The van der Waals surface area contributed by atoms with Crippen LogP contribution in [0, 0.1) is 0 Å². The van der Waals surface area contributed by atoms with Crippen molar-refractivity contribution in [1.29, 1.82) is 0 Å². The number of nitrogens with two attached hydrogens (primary N) is 1. The van der Waals surface area contributed by atoms with E-state index in [0.29, 0.717) is 11.0 Å². The van der Waals surface area contributed by atoms with Crippen LogP contribution in [0.4, 0.5) is 5.69 Å². The summed E-state index contributed by atoms with van der Waals surface area (Å²) in [5, 5.41) is 11.7. The number of carbonyl (C=O) groups excluding carboxylic acids is 1. The molecule has 31 heavy (non-hydrogen) atoms. The maximum Gasteiger partial charge on any atom is 0.234 e. The molecule has 0 aliphatic rings. The number of hydrogen-bond acceptors (Lipinski definition) is 6. The van der Waals surface area contributed by atoms with Crippen LogP contribution in [0.3, 0.4) is 0 Å². The molecule has 1 heterocycles. The van der Waals surface area contributed by atoms with Gasteiger partial charge in [0.2, 0.25) is 11.1 Å². The van der Waals surface area contributed by atoms with E-state index in [1.807, 2.05) is 78.9 Å². The summed E-state index contributed by atoms with van der Waals surface area (Å²) in [7, 11) is 1.61. The van der Waals surface area contributed by atoms with Gasteiger partial charge in [-0.25, -0.2) is 4.68 Å². The molecule has 7 nitrogen and oxygen atoms in total. The third kappa shape index (κ3) is 4.70. The highest BCUT2D eigenvalue weighted by Gasteiger charge is 2.15. The molecular formula is C23H21N5O2S. The number of amides is 1. The van der Waals surface area contributed by atoms with E-state index in [9.17, 15) is 4.79 Å². The van der Waals surface area contributed by atoms with Crippen molar-refractivity contribution in [3.05, 3.63) is 78.9 Å². The van der Waals surface area contributed by atoms with Crippen molar-refractivity contribution in [2.24, 2.45) is 0 Å². The lowest BCUT2D eigenvalue weighted by Gasteiger charge is -2.11. The first kappa shape index (κ1) is 20.5. The summed E-state index contributed by atoms with van der Waals surface area (Å²) in [5.41, 5.74) is 3.57. The average molecular weight is 432 g/mol. The van der Waals surface area contributed by atoms with Gasteiger partial charge in [0.25, 0.3) is 0 Å². The van der Waals surface area contributed by atoms with Crippen LogP contribution in [0.25, 0.3) is 22.5 Å². The number of anilines is 1. The van der Waals surface area contributed by atoms with Gasteiger partial charge in [0.1, 0.15) is 5.75 Å². The zero-order chi connectivity index (χ0) is 21.6. The molecule has 0 aliphatic heterocycles. The van der Waals surface area contributed by atoms with Crippen LogP contribution < -0.4 is 15.9 Å². The summed E-state index contributed by atoms with van der Waals surface area (Å²) in [5.74, 6) is 7.41. The molecule has 0 fully saturated rings. The molecule has 0 radical (unpaired) electrons. The molecule has 0 saturated carbocycles. The predicted molar refractivity (Wildman–Crippen MR) is 123 cm³/mol. The van der Waals surface area contributed by atoms with Crippen LogP contribution in [0.15, 0.2) is 84.0 Å². The molecule has 0 bridgehead atoms. The van der Waals surface area contributed by atoms with Crippen molar-refractivity contribution < 1.29 is 9.53 Å². The number of para-hydroxylation sites is 1. The summed E-state index contributed by atoms with van der Waals surface area (Å²) < 4.78 is 6.55. The molecule has 1 amide bonds. The van der Waals surface area contributed by atoms with E-state index in [2.05, 4.69) is 15.5 Å². The summed E-state index contributed by atoms with van der Waals surface area (Å²) in [6.45, 7) is 0.